The van der Waals surface area contributed by atoms with Crippen LogP contribution in [0, 0.1) is 0 Å². The molecule has 0 spiro atoms. The van der Waals surface area contributed by atoms with Crippen molar-refractivity contribution in [1.82, 2.24) is 0 Å². The summed E-state index contributed by atoms with van der Waals surface area (Å²) in [5, 5.41) is 0. The fourth-order valence-corrected chi connectivity index (χ4v) is 27.0. The molecule has 0 N–H and O–H groups in total. The van der Waals surface area contributed by atoms with Gasteiger partial charge < -0.3 is 20.6 Å². The molecule has 0 amide bonds. The van der Waals surface area contributed by atoms with E-state index in [9.17, 15) is 0 Å². The van der Waals surface area contributed by atoms with Gasteiger partial charge in [-0.3, -0.25) is 0 Å². The maximum absolute atomic E-state index is 6.14. The number of hydrogen-bond donors (Lipinski definition) is 0. The summed E-state index contributed by atoms with van der Waals surface area (Å²) in [6.45, 7) is 32.7. The van der Waals surface area contributed by atoms with E-state index in [1.165, 1.54) is 0 Å². The Bertz CT molecular complexity index is 394. The molecule has 0 saturated heterocycles. The molecular formula is C15H48O5Si7. The minimum absolute atomic E-state index is 0.895. The average molecular weight is 505 g/mol. The Kier molecular flexibility index (Phi) is 13.8. The largest absolute Gasteiger partial charge is 0.440 e. The van der Waals surface area contributed by atoms with E-state index < -0.39 is 61.1 Å². The Morgan fingerprint density at radius 3 is 1.07 bits per heavy atom. The van der Waals surface area contributed by atoms with E-state index in [0.717, 1.165) is 0 Å². The van der Waals surface area contributed by atoms with Crippen molar-refractivity contribution in [3.05, 3.63) is 0 Å². The second-order valence-electron chi connectivity index (χ2n) is 10.3. The van der Waals surface area contributed by atoms with Crippen molar-refractivity contribution in [3.63, 3.8) is 0 Å². The van der Waals surface area contributed by atoms with Gasteiger partial charge in [-0.25, -0.2) is 0 Å². The minimum atomic E-state index is -1.98. The van der Waals surface area contributed by atoms with E-state index >= 15 is 0 Å². The summed E-state index contributed by atoms with van der Waals surface area (Å²) in [5.74, 6) is 0. The molecule has 0 fully saturated rings. The normalized spacial score (nSPS) is 15.0. The van der Waals surface area contributed by atoms with Crippen LogP contribution in [0.1, 0.15) is 0 Å². The molecule has 12 heteroatoms. The van der Waals surface area contributed by atoms with Crippen molar-refractivity contribution >= 4 is 61.1 Å². The van der Waals surface area contributed by atoms with Crippen LogP contribution in [0.5, 0.6) is 0 Å². The Hall–Kier alpha value is 1.32. The molecule has 0 radical (unpaired) electrons. The highest BCUT2D eigenvalue weighted by Crippen LogP contribution is 2.17. The summed E-state index contributed by atoms with van der Waals surface area (Å²) in [6.07, 6.45) is 0. The summed E-state index contributed by atoms with van der Waals surface area (Å²) >= 11 is 0. The zero-order valence-corrected chi connectivity index (χ0v) is 28.2. The van der Waals surface area contributed by atoms with Crippen LogP contribution in [0.15, 0.2) is 0 Å². The van der Waals surface area contributed by atoms with Crippen molar-refractivity contribution in [2.75, 3.05) is 0 Å². The molecular weight excluding hydrogens is 457 g/mol. The summed E-state index contributed by atoms with van der Waals surface area (Å²) in [5.41, 5.74) is 0. The van der Waals surface area contributed by atoms with Crippen LogP contribution in [-0.2, 0) is 20.6 Å². The molecule has 0 saturated carbocycles. The lowest BCUT2D eigenvalue weighted by Crippen LogP contribution is -2.49. The van der Waals surface area contributed by atoms with E-state index in [1.807, 2.05) is 0 Å². The van der Waals surface area contributed by atoms with Gasteiger partial charge in [0.25, 0.3) is 9.28 Å². The summed E-state index contributed by atoms with van der Waals surface area (Å²) in [6, 6.07) is 0. The number of rotatable bonds is 10. The molecule has 0 aliphatic heterocycles. The molecule has 5 nitrogen and oxygen atoms in total. The Morgan fingerprint density at radius 2 is 0.815 bits per heavy atom. The predicted octanol–water partition coefficient (Wildman–Crippen LogP) is 4.95. The Morgan fingerprint density at radius 1 is 0.444 bits per heavy atom. The quantitative estimate of drug-likeness (QED) is 0.394. The lowest BCUT2D eigenvalue weighted by Gasteiger charge is -2.34. The van der Waals surface area contributed by atoms with Crippen LogP contribution in [-0.4, -0.2) is 61.1 Å². The average Bonchev–Trinajstić information content (AvgIpc) is 2.15. The van der Waals surface area contributed by atoms with Crippen molar-refractivity contribution in [1.29, 1.82) is 0 Å². The van der Waals surface area contributed by atoms with Gasteiger partial charge in [-0.2, -0.15) is 0 Å². The van der Waals surface area contributed by atoms with Crippen molar-refractivity contribution < 1.29 is 20.6 Å². The Labute approximate surface area is 179 Å². The van der Waals surface area contributed by atoms with E-state index in [4.69, 9.17) is 20.6 Å². The molecule has 0 heterocycles. The lowest BCUT2D eigenvalue weighted by atomic mass is 11.8. The van der Waals surface area contributed by atoms with Crippen LogP contribution in [0.4, 0.5) is 0 Å². The van der Waals surface area contributed by atoms with Crippen molar-refractivity contribution in [2.24, 2.45) is 0 Å². The summed E-state index contributed by atoms with van der Waals surface area (Å²) in [7, 11) is -9.97. The highest BCUT2D eigenvalue weighted by atomic mass is 28.5. The van der Waals surface area contributed by atoms with Crippen LogP contribution >= 0.6 is 0 Å². The van der Waals surface area contributed by atoms with E-state index in [1.54, 1.807) is 0 Å². The molecule has 0 aromatic rings. The fraction of sp³-hybridized carbons (Fsp3) is 1.00. The second-order valence-corrected chi connectivity index (χ2v) is 34.2. The molecule has 1 atom stereocenters. The van der Waals surface area contributed by atoms with Gasteiger partial charge in [0.05, 0.1) is 0 Å². The van der Waals surface area contributed by atoms with Gasteiger partial charge in [-0.05, 0) is 98.2 Å². The first-order valence-electron chi connectivity index (χ1n) is 10.1. The third kappa shape index (κ3) is 23.5. The summed E-state index contributed by atoms with van der Waals surface area (Å²) in [4.78, 5) is 0. The van der Waals surface area contributed by atoms with Gasteiger partial charge >= 0.3 is 17.1 Å². The molecule has 0 aromatic heterocycles. The van der Waals surface area contributed by atoms with Crippen molar-refractivity contribution in [3.8, 4) is 0 Å². The minimum Gasteiger partial charge on any atom is -0.440 e. The van der Waals surface area contributed by atoms with Crippen LogP contribution < -0.4 is 0 Å². The predicted molar refractivity (Wildman–Crippen MR) is 138 cm³/mol. The van der Waals surface area contributed by atoms with Gasteiger partial charge in [-0.15, -0.1) is 0 Å². The lowest BCUT2D eigenvalue weighted by molar-refractivity contribution is 0.352. The van der Waals surface area contributed by atoms with Crippen molar-refractivity contribution in [2.45, 2.75) is 98.2 Å². The molecule has 0 aliphatic carbocycles. The highest BCUT2D eigenvalue weighted by Gasteiger charge is 2.34. The zero-order valence-electron chi connectivity index (χ0n) is 20.8. The SMILES string of the molecule is C[SiH](C)O[Si](C)(C)O[SiH](C)C.C[SiH](O[Si](C)(C)C)O[Si](C)(C)O[Si](C)(C)C. The smallest absolute Gasteiger partial charge is 0.312 e. The first kappa shape index (κ1) is 30.5. The van der Waals surface area contributed by atoms with Crippen LogP contribution in [0.25, 0.3) is 0 Å². The van der Waals surface area contributed by atoms with E-state index in [-0.39, 0.29) is 0 Å². The fourth-order valence-electron chi connectivity index (χ4n) is 2.85. The van der Waals surface area contributed by atoms with Gasteiger partial charge in [0.15, 0.2) is 34.7 Å². The summed E-state index contributed by atoms with van der Waals surface area (Å²) < 4.78 is 29.9. The second kappa shape index (κ2) is 12.2. The molecule has 0 aliphatic rings. The van der Waals surface area contributed by atoms with Gasteiger partial charge in [0, 0.05) is 0 Å². The highest BCUT2D eigenvalue weighted by molar-refractivity contribution is 6.85. The van der Waals surface area contributed by atoms with E-state index in [0.29, 0.717) is 0 Å². The van der Waals surface area contributed by atoms with Gasteiger partial charge in [0.1, 0.15) is 0 Å². The molecule has 1 unspecified atom stereocenters. The topological polar surface area (TPSA) is 46.2 Å². The maximum Gasteiger partial charge on any atom is 0.312 e. The monoisotopic (exact) mass is 504 g/mol. The maximum atomic E-state index is 6.14. The first-order valence-corrected chi connectivity index (χ1v) is 30.2. The zero-order chi connectivity index (χ0) is 22.3. The molecule has 0 bridgehead atoms. The molecule has 0 rings (SSSR count). The van der Waals surface area contributed by atoms with Gasteiger partial charge in [-0.1, -0.05) is 0 Å². The van der Waals surface area contributed by atoms with E-state index in [2.05, 4.69) is 98.2 Å². The molecule has 166 valence electrons. The van der Waals surface area contributed by atoms with Crippen LogP contribution in [0.3, 0.4) is 0 Å². The van der Waals surface area contributed by atoms with Crippen LogP contribution in [0.2, 0.25) is 98.2 Å². The molecule has 0 aromatic carbocycles. The van der Waals surface area contributed by atoms with Gasteiger partial charge in [0.2, 0.25) is 0 Å². The third-order valence-corrected chi connectivity index (χ3v) is 23.0. The standard InChI is InChI=1S/C9H28O3Si4.C6H20O2Si3/c1-13(10-14(2,3)4)11-16(8,9)12-15(5,6)7;1-9(2)7-11(5,6)8-10(3)4/h13H,1-9H3;9-10H,1-6H3. The first-order chi connectivity index (χ1) is 11.6. The molecule has 27 heavy (non-hydrogen) atoms. The number of hydrogen-bond acceptors (Lipinski definition) is 5. The Balaban J connectivity index is 0. The third-order valence-electron chi connectivity index (χ3n) is 2.56.